The Balaban J connectivity index is 2.00. The number of anilines is 2. The maximum atomic E-state index is 2.42. The minimum absolute atomic E-state index is 0.945. The molecule has 0 unspecified atom stereocenters. The van der Waals surface area contributed by atoms with Crippen LogP contribution in [0.3, 0.4) is 0 Å². The van der Waals surface area contributed by atoms with Crippen LogP contribution < -0.4 is 9.80 Å². The lowest BCUT2D eigenvalue weighted by Gasteiger charge is -2.38. The summed E-state index contributed by atoms with van der Waals surface area (Å²) in [5.74, 6) is 0. The molecule has 0 amide bonds. The lowest BCUT2D eigenvalue weighted by Crippen LogP contribution is -2.40. The first-order valence-corrected chi connectivity index (χ1v) is 6.76. The van der Waals surface area contributed by atoms with Gasteiger partial charge in [-0.3, -0.25) is 0 Å². The second-order valence-corrected chi connectivity index (χ2v) is 5.46. The molecular formula is C17H20N2. The van der Waals surface area contributed by atoms with Crippen molar-refractivity contribution in [2.75, 3.05) is 23.5 Å². The normalized spacial score (nSPS) is 14.5. The molecule has 1 aliphatic heterocycles. The van der Waals surface area contributed by atoms with E-state index in [2.05, 4.69) is 73.2 Å². The zero-order valence-electron chi connectivity index (χ0n) is 11.9. The molecule has 1 heterocycles. The zero-order chi connectivity index (χ0) is 13.4. The molecule has 0 radical (unpaired) electrons. The molecule has 2 nitrogen and oxygen atoms in total. The number of benzene rings is 2. The van der Waals surface area contributed by atoms with Crippen LogP contribution in [-0.4, -0.2) is 13.7 Å². The second-order valence-electron chi connectivity index (χ2n) is 5.46. The Morgan fingerprint density at radius 1 is 1.00 bits per heavy atom. The Morgan fingerprint density at radius 3 is 2.47 bits per heavy atom. The third-order valence-electron chi connectivity index (χ3n) is 3.77. The topological polar surface area (TPSA) is 6.48 Å². The van der Waals surface area contributed by atoms with Crippen LogP contribution in [0.25, 0.3) is 0 Å². The molecule has 98 valence electrons. The highest BCUT2D eigenvalue weighted by Crippen LogP contribution is 2.32. The molecule has 19 heavy (non-hydrogen) atoms. The van der Waals surface area contributed by atoms with Crippen LogP contribution in [0.5, 0.6) is 0 Å². The van der Waals surface area contributed by atoms with Gasteiger partial charge < -0.3 is 9.80 Å². The highest BCUT2D eigenvalue weighted by Gasteiger charge is 2.21. The average molecular weight is 252 g/mol. The molecule has 0 aromatic heterocycles. The number of para-hydroxylation sites is 1. The maximum Gasteiger partial charge on any atom is 0.0903 e. The summed E-state index contributed by atoms with van der Waals surface area (Å²) in [7, 11) is 2.18. The van der Waals surface area contributed by atoms with Crippen LogP contribution in [0.4, 0.5) is 11.4 Å². The van der Waals surface area contributed by atoms with E-state index in [1.165, 1.54) is 28.1 Å². The van der Waals surface area contributed by atoms with Gasteiger partial charge in [0.05, 0.1) is 6.67 Å². The molecule has 0 aliphatic carbocycles. The van der Waals surface area contributed by atoms with E-state index in [9.17, 15) is 0 Å². The van der Waals surface area contributed by atoms with E-state index < -0.39 is 0 Å². The average Bonchev–Trinajstić information content (AvgIpc) is 2.38. The Hall–Kier alpha value is -1.96. The van der Waals surface area contributed by atoms with E-state index in [1.54, 1.807) is 0 Å². The van der Waals surface area contributed by atoms with Crippen molar-refractivity contribution in [3.8, 4) is 0 Å². The van der Waals surface area contributed by atoms with Crippen molar-refractivity contribution in [3.05, 3.63) is 59.2 Å². The third-order valence-corrected chi connectivity index (χ3v) is 3.77. The van der Waals surface area contributed by atoms with Gasteiger partial charge in [-0.25, -0.2) is 0 Å². The van der Waals surface area contributed by atoms with Crippen LogP contribution in [0.15, 0.2) is 42.5 Å². The molecule has 0 N–H and O–H groups in total. The molecule has 0 bridgehead atoms. The Bertz CT molecular complexity index is 590. The summed E-state index contributed by atoms with van der Waals surface area (Å²) < 4.78 is 0. The maximum absolute atomic E-state index is 2.42. The molecule has 0 fully saturated rings. The van der Waals surface area contributed by atoms with Crippen molar-refractivity contribution in [2.24, 2.45) is 0 Å². The molecule has 2 aromatic rings. The molecule has 1 aliphatic rings. The molecule has 2 heteroatoms. The van der Waals surface area contributed by atoms with Gasteiger partial charge in [-0.2, -0.15) is 0 Å². The number of hydrogen-bond donors (Lipinski definition) is 0. The largest absolute Gasteiger partial charge is 0.356 e. The monoisotopic (exact) mass is 252 g/mol. The van der Waals surface area contributed by atoms with Crippen LogP contribution in [0.2, 0.25) is 0 Å². The summed E-state index contributed by atoms with van der Waals surface area (Å²) in [6, 6.07) is 15.2. The summed E-state index contributed by atoms with van der Waals surface area (Å²) in [4.78, 5) is 4.77. The van der Waals surface area contributed by atoms with E-state index in [0.29, 0.717) is 0 Å². The zero-order valence-corrected chi connectivity index (χ0v) is 11.9. The second kappa shape index (κ2) is 4.61. The van der Waals surface area contributed by atoms with Gasteiger partial charge in [0.25, 0.3) is 0 Å². The van der Waals surface area contributed by atoms with Gasteiger partial charge in [0.1, 0.15) is 0 Å². The first-order chi connectivity index (χ1) is 9.15. The van der Waals surface area contributed by atoms with Crippen molar-refractivity contribution in [1.29, 1.82) is 0 Å². The Labute approximate surface area is 115 Å². The highest BCUT2D eigenvalue weighted by molar-refractivity contribution is 5.65. The van der Waals surface area contributed by atoms with Gasteiger partial charge in [-0.15, -0.1) is 0 Å². The Morgan fingerprint density at radius 2 is 1.74 bits per heavy atom. The van der Waals surface area contributed by atoms with Gasteiger partial charge in [0.2, 0.25) is 0 Å². The summed E-state index contributed by atoms with van der Waals surface area (Å²) in [5, 5.41) is 0. The lowest BCUT2D eigenvalue weighted by atomic mass is 10.0. The van der Waals surface area contributed by atoms with Gasteiger partial charge in [0.15, 0.2) is 0 Å². The minimum atomic E-state index is 0.945. The summed E-state index contributed by atoms with van der Waals surface area (Å²) >= 11 is 0. The van der Waals surface area contributed by atoms with Crippen LogP contribution in [0.1, 0.15) is 16.7 Å². The molecule has 0 saturated heterocycles. The third kappa shape index (κ3) is 2.19. The number of rotatable bonds is 1. The lowest BCUT2D eigenvalue weighted by molar-refractivity contribution is 0.729. The molecule has 0 spiro atoms. The minimum Gasteiger partial charge on any atom is -0.356 e. The first kappa shape index (κ1) is 12.1. The highest BCUT2D eigenvalue weighted by atomic mass is 15.3. The SMILES string of the molecule is Cc1cc(C)c2c(c1)CN(c1ccccc1)CN2C. The predicted molar refractivity (Wildman–Crippen MR) is 81.8 cm³/mol. The standard InChI is InChI=1S/C17H20N2/c1-13-9-14(2)17-15(10-13)11-19(12-18(17)3)16-7-5-4-6-8-16/h4-10H,11-12H2,1-3H3. The number of hydrogen-bond acceptors (Lipinski definition) is 2. The van der Waals surface area contributed by atoms with E-state index >= 15 is 0 Å². The summed E-state index contributed by atoms with van der Waals surface area (Å²) in [6.07, 6.45) is 0. The smallest absolute Gasteiger partial charge is 0.0903 e. The molecular weight excluding hydrogens is 232 g/mol. The van der Waals surface area contributed by atoms with Crippen LogP contribution in [0, 0.1) is 13.8 Å². The Kier molecular flexibility index (Phi) is 2.94. The van der Waals surface area contributed by atoms with Crippen LogP contribution >= 0.6 is 0 Å². The quantitative estimate of drug-likeness (QED) is 0.763. The molecule has 0 saturated carbocycles. The fourth-order valence-corrected chi connectivity index (χ4v) is 3.11. The first-order valence-electron chi connectivity index (χ1n) is 6.76. The van der Waals surface area contributed by atoms with E-state index in [-0.39, 0.29) is 0 Å². The number of fused-ring (bicyclic) bond motifs is 1. The van der Waals surface area contributed by atoms with Crippen molar-refractivity contribution >= 4 is 11.4 Å². The fraction of sp³-hybridized carbons (Fsp3) is 0.294. The van der Waals surface area contributed by atoms with Crippen molar-refractivity contribution in [3.63, 3.8) is 0 Å². The number of nitrogens with zero attached hydrogens (tertiary/aromatic N) is 2. The van der Waals surface area contributed by atoms with E-state index in [4.69, 9.17) is 0 Å². The van der Waals surface area contributed by atoms with Crippen molar-refractivity contribution in [2.45, 2.75) is 20.4 Å². The molecule has 3 rings (SSSR count). The van der Waals surface area contributed by atoms with Gasteiger partial charge in [-0.05, 0) is 37.1 Å². The van der Waals surface area contributed by atoms with Crippen LogP contribution in [-0.2, 0) is 6.54 Å². The summed E-state index contributed by atoms with van der Waals surface area (Å²) in [5.41, 5.74) is 6.84. The molecule has 2 aromatic carbocycles. The van der Waals surface area contributed by atoms with Gasteiger partial charge in [-0.1, -0.05) is 35.9 Å². The van der Waals surface area contributed by atoms with Crippen molar-refractivity contribution < 1.29 is 0 Å². The van der Waals surface area contributed by atoms with E-state index in [1.807, 2.05) is 0 Å². The molecule has 0 atom stereocenters. The van der Waals surface area contributed by atoms with Gasteiger partial charge in [0, 0.05) is 25.0 Å². The number of aryl methyl sites for hydroxylation is 2. The fourth-order valence-electron chi connectivity index (χ4n) is 3.11. The summed E-state index contributed by atoms with van der Waals surface area (Å²) in [6.45, 7) is 6.32. The van der Waals surface area contributed by atoms with Gasteiger partial charge >= 0.3 is 0 Å². The van der Waals surface area contributed by atoms with Crippen molar-refractivity contribution in [1.82, 2.24) is 0 Å². The predicted octanol–water partition coefficient (Wildman–Crippen LogP) is 3.72. The van der Waals surface area contributed by atoms with E-state index in [0.717, 1.165) is 13.2 Å².